The molecule has 0 saturated heterocycles. The summed E-state index contributed by atoms with van der Waals surface area (Å²) in [5.74, 6) is -1.20. The molecular weight excluding hydrogens is 334 g/mol. The lowest BCUT2D eigenvalue weighted by molar-refractivity contribution is -0.138. The fourth-order valence-electron chi connectivity index (χ4n) is 2.31. The summed E-state index contributed by atoms with van der Waals surface area (Å²) in [6, 6.07) is 8.35. The normalized spacial score (nSPS) is 10.3. The van der Waals surface area contributed by atoms with E-state index in [2.05, 4.69) is 47.1 Å². The third-order valence-electron chi connectivity index (χ3n) is 3.80. The molecule has 7 nitrogen and oxygen atoms in total. The Kier molecular flexibility index (Phi) is 10.7. The standard InChI is InChI=1S/C19H29N3O4/c1-15-5-7-16(8-6-15)3-2-4-17(23)21-13-11-20-12-14-22-18(24)9-10-19(25)26/h5-8,20H,2-4,9-14H2,1H3,(H,21,23)(H,22,24)(H,25,26). The van der Waals surface area contributed by atoms with Crippen molar-refractivity contribution in [3.8, 4) is 0 Å². The molecule has 0 radical (unpaired) electrons. The molecular formula is C19H29N3O4. The first kappa shape index (κ1) is 21.6. The highest BCUT2D eigenvalue weighted by molar-refractivity contribution is 5.80. The van der Waals surface area contributed by atoms with E-state index in [0.29, 0.717) is 32.6 Å². The fraction of sp³-hybridized carbons (Fsp3) is 0.526. The van der Waals surface area contributed by atoms with Crippen molar-refractivity contribution in [2.75, 3.05) is 26.2 Å². The summed E-state index contributed by atoms with van der Waals surface area (Å²) in [4.78, 5) is 33.4. The molecule has 0 unspecified atom stereocenters. The minimum absolute atomic E-state index is 0.00597. The second-order valence-electron chi connectivity index (χ2n) is 6.18. The predicted octanol–water partition coefficient (Wildman–Crippen LogP) is 1.00. The maximum Gasteiger partial charge on any atom is 0.303 e. The van der Waals surface area contributed by atoms with Gasteiger partial charge in [-0.15, -0.1) is 0 Å². The van der Waals surface area contributed by atoms with E-state index in [1.165, 1.54) is 11.1 Å². The second kappa shape index (κ2) is 12.9. The minimum Gasteiger partial charge on any atom is -0.481 e. The van der Waals surface area contributed by atoms with E-state index in [4.69, 9.17) is 5.11 Å². The number of nitrogens with one attached hydrogen (secondary N) is 3. The smallest absolute Gasteiger partial charge is 0.303 e. The van der Waals surface area contributed by atoms with Gasteiger partial charge in [-0.05, 0) is 25.3 Å². The lowest BCUT2D eigenvalue weighted by Gasteiger charge is -2.08. The van der Waals surface area contributed by atoms with Crippen molar-refractivity contribution in [1.82, 2.24) is 16.0 Å². The van der Waals surface area contributed by atoms with Crippen LogP contribution in [-0.4, -0.2) is 49.1 Å². The first-order valence-electron chi connectivity index (χ1n) is 8.99. The van der Waals surface area contributed by atoms with Gasteiger partial charge in [0.2, 0.25) is 11.8 Å². The molecule has 0 spiro atoms. The van der Waals surface area contributed by atoms with Gasteiger partial charge in [-0.2, -0.15) is 0 Å². The summed E-state index contributed by atoms with van der Waals surface area (Å²) < 4.78 is 0. The first-order valence-corrected chi connectivity index (χ1v) is 8.99. The van der Waals surface area contributed by atoms with Gasteiger partial charge in [0.15, 0.2) is 0 Å². The van der Waals surface area contributed by atoms with Gasteiger partial charge >= 0.3 is 5.97 Å². The van der Waals surface area contributed by atoms with Crippen molar-refractivity contribution in [1.29, 1.82) is 0 Å². The Morgan fingerprint density at radius 1 is 0.846 bits per heavy atom. The number of hydrogen-bond acceptors (Lipinski definition) is 4. The Morgan fingerprint density at radius 3 is 2.00 bits per heavy atom. The predicted molar refractivity (Wildman–Crippen MR) is 99.9 cm³/mol. The minimum atomic E-state index is -0.979. The van der Waals surface area contributed by atoms with Crippen molar-refractivity contribution in [3.63, 3.8) is 0 Å². The summed E-state index contributed by atoms with van der Waals surface area (Å²) in [7, 11) is 0. The molecule has 26 heavy (non-hydrogen) atoms. The quantitative estimate of drug-likeness (QED) is 0.391. The highest BCUT2D eigenvalue weighted by Gasteiger charge is 2.04. The van der Waals surface area contributed by atoms with Gasteiger partial charge in [-0.1, -0.05) is 29.8 Å². The molecule has 1 aromatic carbocycles. The lowest BCUT2D eigenvalue weighted by Crippen LogP contribution is -2.36. The lowest BCUT2D eigenvalue weighted by atomic mass is 10.1. The van der Waals surface area contributed by atoms with E-state index in [1.54, 1.807) is 0 Å². The molecule has 0 saturated carbocycles. The Labute approximate surface area is 154 Å². The number of benzene rings is 1. The van der Waals surface area contributed by atoms with Gasteiger partial charge in [0.25, 0.3) is 0 Å². The number of carboxylic acid groups (broad SMARTS) is 1. The van der Waals surface area contributed by atoms with E-state index in [1.807, 2.05) is 0 Å². The SMILES string of the molecule is Cc1ccc(CCCC(=O)NCCNCCNC(=O)CCC(=O)O)cc1. The molecule has 0 aliphatic carbocycles. The molecule has 144 valence electrons. The van der Waals surface area contributed by atoms with E-state index >= 15 is 0 Å². The molecule has 1 aromatic rings. The van der Waals surface area contributed by atoms with E-state index in [-0.39, 0.29) is 24.7 Å². The van der Waals surface area contributed by atoms with E-state index in [9.17, 15) is 14.4 Å². The van der Waals surface area contributed by atoms with Crippen LogP contribution in [-0.2, 0) is 20.8 Å². The maximum atomic E-state index is 11.7. The van der Waals surface area contributed by atoms with Gasteiger partial charge in [0, 0.05) is 39.0 Å². The van der Waals surface area contributed by atoms with Crippen LogP contribution < -0.4 is 16.0 Å². The molecule has 4 N–H and O–H groups in total. The number of carbonyl (C=O) groups excluding carboxylic acids is 2. The van der Waals surface area contributed by atoms with Gasteiger partial charge in [-0.25, -0.2) is 0 Å². The Morgan fingerprint density at radius 2 is 1.42 bits per heavy atom. The van der Waals surface area contributed by atoms with Crippen LogP contribution in [0.1, 0.15) is 36.8 Å². The summed E-state index contributed by atoms with van der Waals surface area (Å²) in [5, 5.41) is 17.1. The molecule has 0 heterocycles. The zero-order valence-electron chi connectivity index (χ0n) is 15.3. The average Bonchev–Trinajstić information content (AvgIpc) is 2.60. The first-order chi connectivity index (χ1) is 12.5. The Balaban J connectivity index is 1.94. The van der Waals surface area contributed by atoms with Crippen LogP contribution in [0.2, 0.25) is 0 Å². The summed E-state index contributed by atoms with van der Waals surface area (Å²) in [6.45, 7) is 4.22. The molecule has 0 atom stereocenters. The zero-order chi connectivity index (χ0) is 19.2. The molecule has 0 bridgehead atoms. The van der Waals surface area contributed by atoms with Crippen LogP contribution in [0.15, 0.2) is 24.3 Å². The van der Waals surface area contributed by atoms with Gasteiger partial charge in [0.05, 0.1) is 6.42 Å². The third-order valence-corrected chi connectivity index (χ3v) is 3.80. The largest absolute Gasteiger partial charge is 0.481 e. The van der Waals surface area contributed by atoms with Gasteiger partial charge in [0.1, 0.15) is 0 Å². The summed E-state index contributed by atoms with van der Waals surface area (Å²) in [5.41, 5.74) is 2.48. The van der Waals surface area contributed by atoms with Gasteiger partial charge < -0.3 is 21.1 Å². The molecule has 0 aliphatic rings. The topological polar surface area (TPSA) is 108 Å². The van der Waals surface area contributed by atoms with E-state index in [0.717, 1.165) is 12.8 Å². The maximum absolute atomic E-state index is 11.7. The van der Waals surface area contributed by atoms with E-state index < -0.39 is 5.97 Å². The van der Waals surface area contributed by atoms with Crippen LogP contribution in [0, 0.1) is 6.92 Å². The Hall–Kier alpha value is -2.41. The third kappa shape index (κ3) is 11.2. The molecule has 0 aromatic heterocycles. The van der Waals surface area contributed by atoms with Crippen molar-refractivity contribution in [2.45, 2.75) is 39.0 Å². The zero-order valence-corrected chi connectivity index (χ0v) is 15.3. The molecule has 0 fully saturated rings. The van der Waals surface area contributed by atoms with Crippen molar-refractivity contribution in [3.05, 3.63) is 35.4 Å². The van der Waals surface area contributed by atoms with Crippen molar-refractivity contribution < 1.29 is 19.5 Å². The number of amides is 2. The number of hydrogen-bond donors (Lipinski definition) is 4. The average molecular weight is 363 g/mol. The second-order valence-corrected chi connectivity index (χ2v) is 6.18. The number of carbonyl (C=O) groups is 3. The molecule has 1 rings (SSSR count). The summed E-state index contributed by atoms with van der Waals surface area (Å²) in [6.07, 6.45) is 2.06. The van der Waals surface area contributed by atoms with Crippen LogP contribution in [0.25, 0.3) is 0 Å². The van der Waals surface area contributed by atoms with Crippen LogP contribution >= 0.6 is 0 Å². The summed E-state index contributed by atoms with van der Waals surface area (Å²) >= 11 is 0. The van der Waals surface area contributed by atoms with Crippen molar-refractivity contribution >= 4 is 17.8 Å². The molecule has 7 heteroatoms. The number of aryl methyl sites for hydroxylation is 2. The number of rotatable bonds is 13. The Bertz CT molecular complexity index is 573. The number of aliphatic carboxylic acids is 1. The van der Waals surface area contributed by atoms with Crippen molar-refractivity contribution in [2.24, 2.45) is 0 Å². The van der Waals surface area contributed by atoms with Crippen LogP contribution in [0.5, 0.6) is 0 Å². The highest BCUT2D eigenvalue weighted by Crippen LogP contribution is 2.07. The fourth-order valence-corrected chi connectivity index (χ4v) is 2.31. The number of carboxylic acids is 1. The molecule has 0 aliphatic heterocycles. The molecule has 2 amide bonds. The van der Waals surface area contributed by atoms with Crippen LogP contribution in [0.4, 0.5) is 0 Å². The monoisotopic (exact) mass is 363 g/mol. The van der Waals surface area contributed by atoms with Crippen LogP contribution in [0.3, 0.4) is 0 Å². The highest BCUT2D eigenvalue weighted by atomic mass is 16.4. The van der Waals surface area contributed by atoms with Gasteiger partial charge in [-0.3, -0.25) is 14.4 Å².